The van der Waals surface area contributed by atoms with Gasteiger partial charge in [0.05, 0.1) is 6.04 Å². The van der Waals surface area contributed by atoms with E-state index < -0.39 is 6.09 Å². The molecular formula is C21H22N2O3. The molecule has 1 unspecified atom stereocenters. The Labute approximate surface area is 153 Å². The smallest absolute Gasteiger partial charge is 0.414 e. The van der Waals surface area contributed by atoms with E-state index in [4.69, 9.17) is 4.74 Å². The number of ketones is 1. The van der Waals surface area contributed by atoms with Crippen LogP contribution in [-0.4, -0.2) is 30.9 Å². The second-order valence-corrected chi connectivity index (χ2v) is 6.44. The molecule has 1 heterocycles. The van der Waals surface area contributed by atoms with Crippen LogP contribution in [0, 0.1) is 0 Å². The molecule has 0 radical (unpaired) electrons. The number of rotatable bonds is 4. The zero-order valence-corrected chi connectivity index (χ0v) is 15.0. The van der Waals surface area contributed by atoms with Gasteiger partial charge in [0.25, 0.3) is 0 Å². The van der Waals surface area contributed by atoms with Gasteiger partial charge in [-0.25, -0.2) is 4.79 Å². The molecule has 1 atom stereocenters. The Morgan fingerprint density at radius 1 is 1.12 bits per heavy atom. The van der Waals surface area contributed by atoms with E-state index in [1.165, 1.54) is 17.2 Å². The fourth-order valence-electron chi connectivity index (χ4n) is 2.88. The van der Waals surface area contributed by atoms with Crippen molar-refractivity contribution < 1.29 is 14.3 Å². The van der Waals surface area contributed by atoms with Gasteiger partial charge in [-0.15, -0.1) is 0 Å². The molecule has 2 aromatic rings. The Kier molecular flexibility index (Phi) is 5.37. The molecular weight excluding hydrogens is 328 g/mol. The first-order valence-corrected chi connectivity index (χ1v) is 8.52. The maximum atomic E-state index is 12.6. The summed E-state index contributed by atoms with van der Waals surface area (Å²) >= 11 is 0. The molecule has 0 N–H and O–H groups in total. The number of ether oxygens (including phenoxy) is 1. The molecule has 5 heteroatoms. The van der Waals surface area contributed by atoms with Gasteiger partial charge in [-0.3, -0.25) is 9.69 Å². The summed E-state index contributed by atoms with van der Waals surface area (Å²) in [5.41, 5.74) is 2.89. The number of nitrogens with zero attached hydrogens (tertiary/aromatic N) is 2. The maximum Gasteiger partial charge on any atom is 0.414 e. The molecule has 1 aliphatic rings. The Hall–Kier alpha value is -3.08. The first-order chi connectivity index (χ1) is 12.5. The van der Waals surface area contributed by atoms with Crippen molar-refractivity contribution in [1.29, 1.82) is 0 Å². The lowest BCUT2D eigenvalue weighted by atomic mass is 9.97. The topological polar surface area (TPSA) is 49.9 Å². The number of hydrogen-bond acceptors (Lipinski definition) is 4. The molecule has 3 rings (SSSR count). The number of carbonyl (C=O) groups is 2. The molecule has 134 valence electrons. The summed E-state index contributed by atoms with van der Waals surface area (Å²) in [5, 5.41) is 0. The highest BCUT2D eigenvalue weighted by Crippen LogP contribution is 2.30. The van der Waals surface area contributed by atoms with Gasteiger partial charge in [0.1, 0.15) is 6.61 Å². The number of hydrogen-bond donors (Lipinski definition) is 0. The normalized spacial score (nSPS) is 16.5. The monoisotopic (exact) mass is 350 g/mol. The second kappa shape index (κ2) is 7.87. The van der Waals surface area contributed by atoms with Crippen molar-refractivity contribution in [2.24, 2.45) is 0 Å². The van der Waals surface area contributed by atoms with Gasteiger partial charge in [0.15, 0.2) is 5.78 Å². The average Bonchev–Trinajstić information content (AvgIpc) is 2.67. The molecule has 0 fully saturated rings. The largest absolute Gasteiger partial charge is 0.444 e. The van der Waals surface area contributed by atoms with Gasteiger partial charge in [-0.1, -0.05) is 42.5 Å². The van der Waals surface area contributed by atoms with E-state index in [2.05, 4.69) is 0 Å². The number of amides is 1. The van der Waals surface area contributed by atoms with Crippen molar-refractivity contribution in [1.82, 2.24) is 4.90 Å². The van der Waals surface area contributed by atoms with Gasteiger partial charge in [0, 0.05) is 32.4 Å². The van der Waals surface area contributed by atoms with Gasteiger partial charge in [0.2, 0.25) is 0 Å². The highest BCUT2D eigenvalue weighted by molar-refractivity contribution is 5.92. The fraction of sp³-hybridized carbons (Fsp3) is 0.238. The third-order valence-electron chi connectivity index (χ3n) is 4.36. The number of allylic oxidation sites excluding steroid dienone is 1. The van der Waals surface area contributed by atoms with E-state index in [-0.39, 0.29) is 24.9 Å². The maximum absolute atomic E-state index is 12.6. The SMILES string of the molecule is CN(C)c1ccc(C2CC(=O)C=CN2C(=O)OCc2ccccc2)cc1. The number of benzene rings is 2. The van der Waals surface area contributed by atoms with E-state index in [1.807, 2.05) is 73.6 Å². The molecule has 5 nitrogen and oxygen atoms in total. The van der Waals surface area contributed by atoms with Crippen LogP contribution >= 0.6 is 0 Å². The van der Waals surface area contributed by atoms with E-state index in [0.717, 1.165) is 16.8 Å². The summed E-state index contributed by atoms with van der Waals surface area (Å²) in [5.74, 6) is -0.00112. The van der Waals surface area contributed by atoms with E-state index in [1.54, 1.807) is 0 Å². The zero-order valence-electron chi connectivity index (χ0n) is 15.0. The molecule has 0 spiro atoms. The molecule has 2 aromatic carbocycles. The van der Waals surface area contributed by atoms with Gasteiger partial charge < -0.3 is 9.64 Å². The second-order valence-electron chi connectivity index (χ2n) is 6.44. The van der Waals surface area contributed by atoms with Crippen LogP contribution in [0.4, 0.5) is 10.5 Å². The summed E-state index contributed by atoms with van der Waals surface area (Å²) in [6.45, 7) is 0.199. The average molecular weight is 350 g/mol. The van der Waals surface area contributed by atoms with Crippen LogP contribution < -0.4 is 4.90 Å². The van der Waals surface area contributed by atoms with Crippen LogP contribution in [0.15, 0.2) is 66.9 Å². The number of anilines is 1. The van der Waals surface area contributed by atoms with E-state index in [9.17, 15) is 9.59 Å². The third kappa shape index (κ3) is 4.11. The molecule has 26 heavy (non-hydrogen) atoms. The summed E-state index contributed by atoms with van der Waals surface area (Å²) in [6.07, 6.45) is 2.73. The van der Waals surface area contributed by atoms with Crippen LogP contribution in [0.3, 0.4) is 0 Å². The Balaban J connectivity index is 1.75. The minimum atomic E-state index is -0.459. The Morgan fingerprint density at radius 2 is 1.81 bits per heavy atom. The van der Waals surface area contributed by atoms with Crippen molar-refractivity contribution in [3.05, 3.63) is 78.0 Å². The quantitative estimate of drug-likeness (QED) is 0.839. The summed E-state index contributed by atoms with van der Waals surface area (Å²) in [4.78, 5) is 28.0. The summed E-state index contributed by atoms with van der Waals surface area (Å²) < 4.78 is 5.43. The van der Waals surface area contributed by atoms with Gasteiger partial charge >= 0.3 is 6.09 Å². The van der Waals surface area contributed by atoms with Crippen molar-refractivity contribution >= 4 is 17.6 Å². The highest BCUT2D eigenvalue weighted by atomic mass is 16.6. The lowest BCUT2D eigenvalue weighted by Crippen LogP contribution is -2.34. The van der Waals surface area contributed by atoms with E-state index >= 15 is 0 Å². The highest BCUT2D eigenvalue weighted by Gasteiger charge is 2.29. The molecule has 1 amide bonds. The van der Waals surface area contributed by atoms with Crippen LogP contribution in [0.1, 0.15) is 23.6 Å². The number of carbonyl (C=O) groups excluding carboxylic acids is 2. The minimum absolute atomic E-state index is 0.00112. The van der Waals surface area contributed by atoms with Crippen LogP contribution in [-0.2, 0) is 16.1 Å². The van der Waals surface area contributed by atoms with Crippen molar-refractivity contribution in [3.8, 4) is 0 Å². The molecule has 0 saturated carbocycles. The van der Waals surface area contributed by atoms with Crippen molar-refractivity contribution in [2.45, 2.75) is 19.1 Å². The van der Waals surface area contributed by atoms with Crippen LogP contribution in [0.25, 0.3) is 0 Å². The van der Waals surface area contributed by atoms with Gasteiger partial charge in [-0.05, 0) is 29.3 Å². The predicted molar refractivity (Wildman–Crippen MR) is 101 cm³/mol. The van der Waals surface area contributed by atoms with Gasteiger partial charge in [-0.2, -0.15) is 0 Å². The molecule has 0 aromatic heterocycles. The Morgan fingerprint density at radius 3 is 2.46 bits per heavy atom. The first kappa shape index (κ1) is 17.7. The zero-order chi connectivity index (χ0) is 18.5. The molecule has 0 aliphatic carbocycles. The van der Waals surface area contributed by atoms with Crippen LogP contribution in [0.2, 0.25) is 0 Å². The molecule has 1 aliphatic heterocycles. The summed E-state index contributed by atoms with van der Waals surface area (Å²) in [6, 6.07) is 17.0. The minimum Gasteiger partial charge on any atom is -0.444 e. The fourth-order valence-corrected chi connectivity index (χ4v) is 2.88. The lowest BCUT2D eigenvalue weighted by molar-refractivity contribution is -0.116. The lowest BCUT2D eigenvalue weighted by Gasteiger charge is -2.30. The standard InChI is InChI=1S/C21H22N2O3/c1-22(2)18-10-8-17(9-11-18)20-14-19(24)12-13-23(20)21(25)26-15-16-6-4-3-5-7-16/h3-13,20H,14-15H2,1-2H3. The van der Waals surface area contributed by atoms with Crippen LogP contribution in [0.5, 0.6) is 0 Å². The van der Waals surface area contributed by atoms with Crippen molar-refractivity contribution in [2.75, 3.05) is 19.0 Å². The first-order valence-electron chi connectivity index (χ1n) is 8.52. The third-order valence-corrected chi connectivity index (χ3v) is 4.36. The molecule has 0 saturated heterocycles. The Bertz CT molecular complexity index is 798. The molecule has 0 bridgehead atoms. The van der Waals surface area contributed by atoms with E-state index in [0.29, 0.717) is 0 Å². The van der Waals surface area contributed by atoms with Crippen molar-refractivity contribution in [3.63, 3.8) is 0 Å². The predicted octanol–water partition coefficient (Wildman–Crippen LogP) is 3.92. The summed E-state index contributed by atoms with van der Waals surface area (Å²) in [7, 11) is 3.93.